The topological polar surface area (TPSA) is 148 Å². The molecule has 0 rings (SSSR count). The van der Waals surface area contributed by atoms with Crippen LogP contribution in [-0.2, 0) is 24.4 Å². The Kier molecular flexibility index (Phi) is 14.6. The normalized spacial score (nSPS) is 12.3. The number of esters is 1. The van der Waals surface area contributed by atoms with Crippen molar-refractivity contribution in [3.05, 3.63) is 0 Å². The second-order valence-electron chi connectivity index (χ2n) is 5.65. The minimum absolute atomic E-state index is 0. The number of carbonyl (C=O) groups is 2. The van der Waals surface area contributed by atoms with Crippen LogP contribution in [-0.4, -0.2) is 80.6 Å². The molecule has 0 saturated carbocycles. The quantitative estimate of drug-likeness (QED) is 0.245. The number of nitrogens with zero attached hydrogens (tertiary/aromatic N) is 1. The summed E-state index contributed by atoms with van der Waals surface area (Å²) in [6.45, 7) is 2.34. The van der Waals surface area contributed by atoms with Crippen LogP contribution in [0.1, 0.15) is 19.8 Å². The van der Waals surface area contributed by atoms with Crippen molar-refractivity contribution in [2.75, 3.05) is 40.0 Å². The van der Waals surface area contributed by atoms with Crippen LogP contribution in [0.3, 0.4) is 0 Å². The summed E-state index contributed by atoms with van der Waals surface area (Å²) in [5, 5.41) is 8.67. The van der Waals surface area contributed by atoms with E-state index in [9.17, 15) is 22.6 Å². The van der Waals surface area contributed by atoms with E-state index >= 15 is 0 Å². The van der Waals surface area contributed by atoms with E-state index in [1.165, 1.54) is 0 Å². The molecule has 0 aromatic heterocycles. The van der Waals surface area contributed by atoms with Crippen molar-refractivity contribution in [3.8, 4) is 0 Å². The summed E-state index contributed by atoms with van der Waals surface area (Å²) in [5.41, 5.74) is 3.19. The Bertz CT molecular complexity index is 449. The minimum atomic E-state index is -3.99. The number of likely N-dealkylation sites (N-methyl/N-ethyl adjacent to an activating group) is 1. The molecule has 0 heterocycles. The van der Waals surface area contributed by atoms with E-state index in [2.05, 4.69) is 5.73 Å². The number of rotatable bonds is 8. The Balaban J connectivity index is -0.000000425. The Morgan fingerprint density at radius 3 is 2.00 bits per heavy atom. The number of hydrogen-bond acceptors (Lipinski definition) is 6. The number of hydrogen-bond donors (Lipinski definition) is 2. The predicted molar refractivity (Wildman–Crippen MR) is 77.6 cm³/mol. The molecule has 23 heavy (non-hydrogen) atoms. The number of carbonyl (C=O) groups excluding carboxylic acids is 1. The van der Waals surface area contributed by atoms with Crippen LogP contribution in [0.2, 0.25) is 0 Å². The van der Waals surface area contributed by atoms with E-state index in [-0.39, 0.29) is 43.5 Å². The van der Waals surface area contributed by atoms with Gasteiger partial charge in [0.1, 0.15) is 16.7 Å². The zero-order valence-electron chi connectivity index (χ0n) is 14.0. The first-order valence-corrected chi connectivity index (χ1v) is 8.33. The fourth-order valence-electron chi connectivity index (χ4n) is 1.40. The van der Waals surface area contributed by atoms with Gasteiger partial charge in [-0.2, -0.15) is 0 Å². The number of carboxylic acids is 1. The highest BCUT2D eigenvalue weighted by Crippen LogP contribution is 2.06. The molecule has 0 radical (unpaired) electrons. The van der Waals surface area contributed by atoms with E-state index in [1.54, 1.807) is 6.92 Å². The molecule has 9 nitrogen and oxygen atoms in total. The summed E-state index contributed by atoms with van der Waals surface area (Å²) < 4.78 is 34.5. The van der Waals surface area contributed by atoms with Crippen molar-refractivity contribution < 1.29 is 55.0 Å². The van der Waals surface area contributed by atoms with Gasteiger partial charge in [-0.1, -0.05) is 6.92 Å². The molecular weight excluding hydrogens is 352 g/mol. The molecule has 0 bridgehead atoms. The predicted octanol–water partition coefficient (Wildman–Crippen LogP) is -4.73. The van der Waals surface area contributed by atoms with Gasteiger partial charge in [0.15, 0.2) is 6.10 Å². The fourth-order valence-corrected chi connectivity index (χ4v) is 1.75. The number of halogens is 1. The third-order valence-electron chi connectivity index (χ3n) is 2.13. The lowest BCUT2D eigenvalue weighted by Gasteiger charge is -2.28. The summed E-state index contributed by atoms with van der Waals surface area (Å²) in [7, 11) is 1.79. The van der Waals surface area contributed by atoms with E-state index in [4.69, 9.17) is 9.84 Å². The molecule has 0 spiro atoms. The van der Waals surface area contributed by atoms with Crippen LogP contribution in [0.4, 0.5) is 0 Å². The average molecular weight is 379 g/mol. The first-order valence-electron chi connectivity index (χ1n) is 6.75. The van der Waals surface area contributed by atoms with Gasteiger partial charge in [-0.15, -0.1) is 0 Å². The molecule has 0 aromatic rings. The minimum Gasteiger partial charge on any atom is -1.00 e. The highest BCUT2D eigenvalue weighted by molar-refractivity contribution is 7.85. The van der Waals surface area contributed by atoms with Crippen LogP contribution in [0.15, 0.2) is 0 Å². The van der Waals surface area contributed by atoms with Crippen LogP contribution in [0.5, 0.6) is 0 Å². The molecule has 11 heteroatoms. The summed E-state index contributed by atoms with van der Waals surface area (Å²) >= 11 is 0. The average Bonchev–Trinajstić information content (AvgIpc) is 2.24. The Labute approximate surface area is 143 Å². The molecule has 0 aliphatic rings. The second kappa shape index (κ2) is 12.5. The van der Waals surface area contributed by atoms with Crippen LogP contribution < -0.4 is 18.1 Å². The largest absolute Gasteiger partial charge is 1.00 e. The molecule has 4 N–H and O–H groups in total. The SMILES string of the molecule is CCC(=O)O[C@H](CC(=O)O)C[N+](C)(C)C.[Cl-].[NH3+]CCS(=O)(=O)[O-]. The first-order chi connectivity index (χ1) is 9.80. The van der Waals surface area contributed by atoms with E-state index in [1.807, 2.05) is 21.1 Å². The smallest absolute Gasteiger partial charge is 0.307 e. The van der Waals surface area contributed by atoms with E-state index in [0.29, 0.717) is 11.0 Å². The summed E-state index contributed by atoms with van der Waals surface area (Å²) in [5.74, 6) is -1.65. The van der Waals surface area contributed by atoms with Gasteiger partial charge in [0.05, 0.1) is 39.9 Å². The molecule has 0 aromatic carbocycles. The van der Waals surface area contributed by atoms with Gasteiger partial charge in [0.25, 0.3) is 0 Å². The lowest BCUT2D eigenvalue weighted by molar-refractivity contribution is -0.873. The monoisotopic (exact) mass is 378 g/mol. The maximum atomic E-state index is 11.1. The van der Waals surface area contributed by atoms with Crippen LogP contribution in [0, 0.1) is 0 Å². The Morgan fingerprint density at radius 2 is 1.78 bits per heavy atom. The van der Waals surface area contributed by atoms with Gasteiger partial charge in [-0.05, 0) is 0 Å². The Hall–Kier alpha value is -0.940. The Morgan fingerprint density at radius 1 is 1.30 bits per heavy atom. The van der Waals surface area contributed by atoms with Crippen molar-refractivity contribution in [2.24, 2.45) is 0 Å². The van der Waals surface area contributed by atoms with Crippen molar-refractivity contribution >= 4 is 22.1 Å². The highest BCUT2D eigenvalue weighted by atomic mass is 35.5. The highest BCUT2D eigenvalue weighted by Gasteiger charge is 2.24. The van der Waals surface area contributed by atoms with E-state index in [0.717, 1.165) is 0 Å². The molecule has 0 aliphatic heterocycles. The van der Waals surface area contributed by atoms with Gasteiger partial charge < -0.3 is 37.0 Å². The first kappa shape index (κ1) is 26.9. The number of quaternary nitrogens is 2. The zero-order valence-corrected chi connectivity index (χ0v) is 15.5. The number of aliphatic carboxylic acids is 1. The summed E-state index contributed by atoms with van der Waals surface area (Å²) in [4.78, 5) is 21.6. The van der Waals surface area contributed by atoms with Crippen molar-refractivity contribution in [3.63, 3.8) is 0 Å². The van der Waals surface area contributed by atoms with Gasteiger partial charge in [-0.25, -0.2) is 8.42 Å². The molecule has 1 atom stereocenters. The third-order valence-corrected chi connectivity index (χ3v) is 2.92. The van der Waals surface area contributed by atoms with Gasteiger partial charge in [0.2, 0.25) is 0 Å². The molecule has 0 fully saturated rings. The van der Waals surface area contributed by atoms with Crippen LogP contribution in [0.25, 0.3) is 0 Å². The lowest BCUT2D eigenvalue weighted by atomic mass is 10.2. The van der Waals surface area contributed by atoms with Crippen molar-refractivity contribution in [1.82, 2.24) is 0 Å². The van der Waals surface area contributed by atoms with Crippen molar-refractivity contribution in [2.45, 2.75) is 25.9 Å². The van der Waals surface area contributed by atoms with Crippen molar-refractivity contribution in [1.29, 1.82) is 0 Å². The standard InChI is InChI=1S/C10H19NO4.C2H7NO3S.ClH/c1-5-10(14)15-8(6-9(12)13)7-11(2,3)4;3-1-2-7(4,5)6;/h8H,5-7H2,1-4H3;1-3H2,(H,4,5,6);1H/t8-;;/m1../s1. The molecule has 0 unspecified atom stereocenters. The molecule has 0 saturated heterocycles. The summed E-state index contributed by atoms with van der Waals surface area (Å²) in [6.07, 6.45) is -0.413. The summed E-state index contributed by atoms with van der Waals surface area (Å²) in [6, 6.07) is 0. The lowest BCUT2D eigenvalue weighted by Crippen LogP contribution is -3.00. The van der Waals surface area contributed by atoms with Gasteiger partial charge >= 0.3 is 11.9 Å². The fraction of sp³-hybridized carbons (Fsp3) is 0.833. The molecule has 140 valence electrons. The maximum absolute atomic E-state index is 11.1. The van der Waals surface area contributed by atoms with Gasteiger partial charge in [0, 0.05) is 6.42 Å². The maximum Gasteiger partial charge on any atom is 0.307 e. The van der Waals surface area contributed by atoms with Crippen LogP contribution >= 0.6 is 0 Å². The van der Waals surface area contributed by atoms with E-state index < -0.39 is 22.2 Å². The molecular formula is C12H27ClN2O7S. The molecule has 0 amide bonds. The van der Waals surface area contributed by atoms with Gasteiger partial charge in [-0.3, -0.25) is 9.59 Å². The number of carboxylic acid groups (broad SMARTS) is 1. The molecule has 0 aliphatic carbocycles. The third kappa shape index (κ3) is 23.5. The second-order valence-corrected chi connectivity index (χ2v) is 7.18. The zero-order chi connectivity index (χ0) is 18.0. The number of ether oxygens (including phenoxy) is 1.